The van der Waals surface area contributed by atoms with Crippen molar-refractivity contribution in [1.29, 1.82) is 0 Å². The van der Waals surface area contributed by atoms with Gasteiger partial charge in [-0.05, 0) is 45.3 Å². The third kappa shape index (κ3) is 5.80. The van der Waals surface area contributed by atoms with Gasteiger partial charge in [-0.1, -0.05) is 20.8 Å². The van der Waals surface area contributed by atoms with Crippen molar-refractivity contribution < 1.29 is 33.0 Å². The molecule has 0 unspecified atom stereocenters. The number of ether oxygens (including phenoxy) is 4. The summed E-state index contributed by atoms with van der Waals surface area (Å²) in [5.74, 6) is -0.470. The Morgan fingerprint density at radius 2 is 1.77 bits per heavy atom. The molecule has 2 fully saturated rings. The third-order valence-corrected chi connectivity index (χ3v) is 11.1. The molecule has 0 aromatic heterocycles. The number of fused-ring (bicyclic) bond motifs is 1. The highest BCUT2D eigenvalue weighted by Gasteiger charge is 2.58. The number of likely N-dealkylation sites (N-methyl/N-ethyl adjacent to an activating group) is 1. The van der Waals surface area contributed by atoms with E-state index in [9.17, 15) is 9.59 Å². The summed E-state index contributed by atoms with van der Waals surface area (Å²) in [5, 5.41) is -0.00829. The molecular formula is C22H41NO7Si. The number of hydrogen-bond donors (Lipinski definition) is 0. The highest BCUT2D eigenvalue weighted by molar-refractivity contribution is 6.74. The Morgan fingerprint density at radius 3 is 2.29 bits per heavy atom. The van der Waals surface area contributed by atoms with Gasteiger partial charge in [0.05, 0.1) is 25.9 Å². The summed E-state index contributed by atoms with van der Waals surface area (Å²) in [7, 11) is 0.934. The Labute approximate surface area is 188 Å². The lowest BCUT2D eigenvalue weighted by molar-refractivity contribution is -0.178. The van der Waals surface area contributed by atoms with Crippen LogP contribution >= 0.6 is 0 Å². The number of carbonyl (C=O) groups is 2. The van der Waals surface area contributed by atoms with E-state index in [1.165, 1.54) is 7.11 Å². The molecule has 9 heteroatoms. The zero-order chi connectivity index (χ0) is 23.8. The van der Waals surface area contributed by atoms with E-state index in [4.69, 9.17) is 23.4 Å². The highest BCUT2D eigenvalue weighted by atomic mass is 28.4. The summed E-state index contributed by atoms with van der Waals surface area (Å²) in [5.41, 5.74) is -1.85. The van der Waals surface area contributed by atoms with Gasteiger partial charge in [0.25, 0.3) is 0 Å². The van der Waals surface area contributed by atoms with Crippen LogP contribution in [0.4, 0.5) is 4.79 Å². The number of esters is 1. The van der Waals surface area contributed by atoms with Crippen molar-refractivity contribution in [3.63, 3.8) is 0 Å². The lowest BCUT2D eigenvalue weighted by atomic mass is 9.94. The molecule has 1 amide bonds. The van der Waals surface area contributed by atoms with Gasteiger partial charge < -0.3 is 28.3 Å². The van der Waals surface area contributed by atoms with Crippen LogP contribution in [-0.4, -0.2) is 82.1 Å². The first-order valence-electron chi connectivity index (χ1n) is 11.0. The number of amides is 1. The Kier molecular flexibility index (Phi) is 7.57. The predicted molar refractivity (Wildman–Crippen MR) is 120 cm³/mol. The molecule has 2 saturated heterocycles. The second kappa shape index (κ2) is 9.00. The van der Waals surface area contributed by atoms with Gasteiger partial charge in [-0.2, -0.15) is 0 Å². The minimum absolute atomic E-state index is 0.00829. The summed E-state index contributed by atoms with van der Waals surface area (Å²) >= 11 is 0. The van der Waals surface area contributed by atoms with E-state index < -0.39 is 37.7 Å². The molecule has 0 spiro atoms. The minimum Gasteiger partial charge on any atom is -0.467 e. The van der Waals surface area contributed by atoms with Crippen LogP contribution in [0.5, 0.6) is 0 Å². The van der Waals surface area contributed by atoms with Crippen molar-refractivity contribution in [2.75, 3.05) is 27.4 Å². The molecule has 2 rings (SSSR count). The van der Waals surface area contributed by atoms with Crippen molar-refractivity contribution in [3.05, 3.63) is 0 Å². The molecule has 0 bridgehead atoms. The van der Waals surface area contributed by atoms with E-state index in [1.54, 1.807) is 11.9 Å². The second-order valence-corrected chi connectivity index (χ2v) is 16.0. The van der Waals surface area contributed by atoms with Crippen molar-refractivity contribution in [1.82, 2.24) is 4.90 Å². The smallest absolute Gasteiger partial charge is 0.410 e. The zero-order valence-corrected chi connectivity index (χ0v) is 21.9. The molecule has 0 N–H and O–H groups in total. The first kappa shape index (κ1) is 26.1. The summed E-state index contributed by atoms with van der Waals surface area (Å²) in [6, 6.07) is -0.270. The third-order valence-electron chi connectivity index (χ3n) is 6.59. The predicted octanol–water partition coefficient (Wildman–Crippen LogP) is 3.73. The summed E-state index contributed by atoms with van der Waals surface area (Å²) in [6.07, 6.45) is -0.288. The van der Waals surface area contributed by atoms with Gasteiger partial charge >= 0.3 is 12.1 Å². The second-order valence-electron chi connectivity index (χ2n) is 11.2. The van der Waals surface area contributed by atoms with Crippen LogP contribution in [0.2, 0.25) is 18.1 Å². The highest BCUT2D eigenvalue weighted by Crippen LogP contribution is 2.42. The molecular weight excluding hydrogens is 418 g/mol. The molecule has 2 heterocycles. The van der Waals surface area contributed by atoms with Crippen molar-refractivity contribution in [2.45, 2.75) is 102 Å². The van der Waals surface area contributed by atoms with Crippen LogP contribution in [-0.2, 0) is 28.2 Å². The van der Waals surface area contributed by atoms with Crippen LogP contribution in [0.1, 0.15) is 54.4 Å². The number of carbonyl (C=O) groups excluding carboxylic acids is 2. The standard InChI is InChI=1S/C22H41NO7Si/c1-20(2,3)30-19(25)23(7)15-11-12-27-16-13-22(18(24)26-8,29-17(15)16)14-28-31(9,10)21(4,5)6/h15-17H,11-14H2,1-10H3/t15-,16-,17-,22+/m1/s1. The fraction of sp³-hybridized carbons (Fsp3) is 0.909. The molecule has 0 aromatic carbocycles. The first-order chi connectivity index (χ1) is 14.0. The molecule has 180 valence electrons. The van der Waals surface area contributed by atoms with Crippen LogP contribution in [0.25, 0.3) is 0 Å². The first-order valence-corrected chi connectivity index (χ1v) is 13.9. The van der Waals surface area contributed by atoms with Gasteiger partial charge in [-0.15, -0.1) is 0 Å². The van der Waals surface area contributed by atoms with E-state index >= 15 is 0 Å². The largest absolute Gasteiger partial charge is 0.467 e. The Balaban J connectivity index is 2.24. The Morgan fingerprint density at radius 1 is 1.16 bits per heavy atom. The molecule has 0 aromatic rings. The number of rotatable bonds is 5. The molecule has 4 atom stereocenters. The van der Waals surface area contributed by atoms with Gasteiger partial charge in [-0.25, -0.2) is 9.59 Å². The van der Waals surface area contributed by atoms with Gasteiger partial charge in [0.1, 0.15) is 11.7 Å². The summed E-state index contributed by atoms with van der Waals surface area (Å²) in [4.78, 5) is 27.1. The maximum Gasteiger partial charge on any atom is 0.410 e. The van der Waals surface area contributed by atoms with E-state index in [2.05, 4.69) is 33.9 Å². The fourth-order valence-corrected chi connectivity index (χ4v) is 4.70. The lowest BCUT2D eigenvalue weighted by Gasteiger charge is -2.40. The molecule has 2 aliphatic rings. The van der Waals surface area contributed by atoms with Crippen molar-refractivity contribution in [3.8, 4) is 0 Å². The summed E-state index contributed by atoms with van der Waals surface area (Å²) in [6.45, 7) is 16.8. The molecule has 31 heavy (non-hydrogen) atoms. The van der Waals surface area contributed by atoms with Gasteiger partial charge in [0, 0.05) is 20.1 Å². The van der Waals surface area contributed by atoms with E-state index in [-0.39, 0.29) is 23.8 Å². The zero-order valence-electron chi connectivity index (χ0n) is 20.9. The maximum absolute atomic E-state index is 12.9. The van der Waals surface area contributed by atoms with Crippen LogP contribution < -0.4 is 0 Å². The Hall–Kier alpha value is -1.16. The number of nitrogens with zero attached hydrogens (tertiary/aromatic N) is 1. The fourth-order valence-electron chi connectivity index (χ4n) is 3.68. The molecule has 0 saturated carbocycles. The van der Waals surface area contributed by atoms with Crippen LogP contribution in [0, 0.1) is 0 Å². The topological polar surface area (TPSA) is 83.5 Å². The Bertz CT molecular complexity index is 670. The quantitative estimate of drug-likeness (QED) is 0.457. The van der Waals surface area contributed by atoms with Crippen LogP contribution in [0.15, 0.2) is 0 Å². The lowest BCUT2D eigenvalue weighted by Crippen LogP contribution is -2.54. The van der Waals surface area contributed by atoms with E-state index in [1.807, 2.05) is 20.8 Å². The average Bonchev–Trinajstić information content (AvgIpc) is 3.03. The number of methoxy groups -OCH3 is 1. The normalized spacial score (nSPS) is 29.3. The maximum atomic E-state index is 12.9. The summed E-state index contributed by atoms with van der Waals surface area (Å²) < 4.78 is 29.3. The minimum atomic E-state index is -2.12. The molecule has 8 nitrogen and oxygen atoms in total. The number of hydrogen-bond acceptors (Lipinski definition) is 7. The molecule has 2 aliphatic heterocycles. The van der Waals surface area contributed by atoms with E-state index in [0.717, 1.165) is 0 Å². The van der Waals surface area contributed by atoms with Crippen molar-refractivity contribution in [2.24, 2.45) is 0 Å². The van der Waals surface area contributed by atoms with Gasteiger partial charge in [0.15, 0.2) is 13.9 Å². The van der Waals surface area contributed by atoms with E-state index in [0.29, 0.717) is 19.4 Å². The molecule has 0 radical (unpaired) electrons. The van der Waals surface area contributed by atoms with Gasteiger partial charge in [-0.3, -0.25) is 0 Å². The van der Waals surface area contributed by atoms with Gasteiger partial charge in [0.2, 0.25) is 0 Å². The monoisotopic (exact) mass is 459 g/mol. The SMILES string of the molecule is COC(=O)[C@@]1(CO[Si](C)(C)C(C)(C)C)C[C@H]2OCC[C@@H](N(C)C(=O)OC(C)(C)C)[C@H]2O1. The average molecular weight is 460 g/mol. The van der Waals surface area contributed by atoms with Crippen LogP contribution in [0.3, 0.4) is 0 Å². The van der Waals surface area contributed by atoms with Crippen molar-refractivity contribution >= 4 is 20.4 Å². The molecule has 0 aliphatic carbocycles.